The van der Waals surface area contributed by atoms with Crippen LogP contribution in [0.25, 0.3) is 0 Å². The molecular formula is C15H21N3O. The van der Waals surface area contributed by atoms with Crippen molar-refractivity contribution in [2.24, 2.45) is 7.05 Å². The van der Waals surface area contributed by atoms with E-state index in [1.54, 1.807) is 13.3 Å². The summed E-state index contributed by atoms with van der Waals surface area (Å²) in [6.45, 7) is 2.16. The van der Waals surface area contributed by atoms with Gasteiger partial charge in [0.15, 0.2) is 5.75 Å². The van der Waals surface area contributed by atoms with Gasteiger partial charge in [-0.2, -0.15) is 5.10 Å². The molecule has 1 unspecified atom stereocenters. The molecule has 0 fully saturated rings. The summed E-state index contributed by atoms with van der Waals surface area (Å²) in [4.78, 5) is 0. The lowest BCUT2D eigenvalue weighted by Gasteiger charge is -2.18. The molecule has 0 aliphatic carbocycles. The first-order valence-corrected chi connectivity index (χ1v) is 6.53. The van der Waals surface area contributed by atoms with E-state index in [4.69, 9.17) is 4.74 Å². The van der Waals surface area contributed by atoms with Gasteiger partial charge in [-0.1, -0.05) is 31.2 Å². The van der Waals surface area contributed by atoms with Crippen molar-refractivity contribution in [2.75, 3.05) is 14.2 Å². The van der Waals surface area contributed by atoms with Gasteiger partial charge in [0, 0.05) is 7.05 Å². The van der Waals surface area contributed by atoms with Crippen molar-refractivity contribution in [3.63, 3.8) is 0 Å². The molecule has 1 aromatic heterocycles. The molecule has 4 heteroatoms. The average Bonchev–Trinajstić information content (AvgIpc) is 2.82. The van der Waals surface area contributed by atoms with E-state index >= 15 is 0 Å². The van der Waals surface area contributed by atoms with Gasteiger partial charge in [-0.3, -0.25) is 4.68 Å². The highest BCUT2D eigenvalue weighted by Crippen LogP contribution is 2.29. The van der Waals surface area contributed by atoms with Gasteiger partial charge in [0.25, 0.3) is 0 Å². The van der Waals surface area contributed by atoms with Crippen LogP contribution in [-0.2, 0) is 13.5 Å². The second kappa shape index (κ2) is 5.89. The fourth-order valence-electron chi connectivity index (χ4n) is 2.32. The Labute approximate surface area is 114 Å². The second-order valence-corrected chi connectivity index (χ2v) is 4.54. The molecule has 1 N–H and O–H groups in total. The number of nitrogens with zero attached hydrogens (tertiary/aromatic N) is 2. The van der Waals surface area contributed by atoms with E-state index in [0.29, 0.717) is 0 Å². The zero-order chi connectivity index (χ0) is 13.8. The number of nitrogens with one attached hydrogen (secondary N) is 1. The molecule has 2 aromatic rings. The summed E-state index contributed by atoms with van der Waals surface area (Å²) in [6, 6.07) is 8.73. The van der Waals surface area contributed by atoms with Crippen LogP contribution in [0.5, 0.6) is 5.75 Å². The molecule has 1 atom stereocenters. The van der Waals surface area contributed by atoms with E-state index in [1.807, 2.05) is 18.8 Å². The van der Waals surface area contributed by atoms with Gasteiger partial charge in [-0.25, -0.2) is 0 Å². The number of benzene rings is 1. The third kappa shape index (κ3) is 2.63. The molecule has 0 spiro atoms. The third-order valence-electron chi connectivity index (χ3n) is 3.45. The van der Waals surface area contributed by atoms with Crippen LogP contribution < -0.4 is 10.1 Å². The van der Waals surface area contributed by atoms with E-state index in [9.17, 15) is 0 Å². The van der Waals surface area contributed by atoms with E-state index in [0.717, 1.165) is 17.9 Å². The van der Waals surface area contributed by atoms with Crippen molar-refractivity contribution < 1.29 is 4.74 Å². The Hall–Kier alpha value is -1.81. The molecule has 0 aliphatic heterocycles. The van der Waals surface area contributed by atoms with Gasteiger partial charge < -0.3 is 10.1 Å². The standard InChI is InChI=1S/C15H21N3O/c1-5-11-6-8-12(9-7-11)14(16-2)15-13(19-4)10-17-18(15)3/h6-10,14,16H,5H2,1-4H3. The predicted molar refractivity (Wildman–Crippen MR) is 76.5 cm³/mol. The summed E-state index contributed by atoms with van der Waals surface area (Å²) >= 11 is 0. The molecule has 2 rings (SSSR count). The van der Waals surface area contributed by atoms with Crippen LogP contribution in [0.1, 0.15) is 29.8 Å². The molecule has 1 aromatic carbocycles. The summed E-state index contributed by atoms with van der Waals surface area (Å²) in [7, 11) is 5.56. The van der Waals surface area contributed by atoms with Crippen LogP contribution in [0.15, 0.2) is 30.5 Å². The lowest BCUT2D eigenvalue weighted by atomic mass is 10.0. The van der Waals surface area contributed by atoms with Crippen molar-refractivity contribution >= 4 is 0 Å². The average molecular weight is 259 g/mol. The lowest BCUT2D eigenvalue weighted by Crippen LogP contribution is -2.21. The normalized spacial score (nSPS) is 12.4. The maximum Gasteiger partial charge on any atom is 0.161 e. The van der Waals surface area contributed by atoms with Crippen LogP contribution in [-0.4, -0.2) is 23.9 Å². The number of aryl methyl sites for hydroxylation is 2. The smallest absolute Gasteiger partial charge is 0.161 e. The summed E-state index contributed by atoms with van der Waals surface area (Å²) in [5.41, 5.74) is 3.59. The highest BCUT2D eigenvalue weighted by atomic mass is 16.5. The fourth-order valence-corrected chi connectivity index (χ4v) is 2.32. The number of rotatable bonds is 5. The quantitative estimate of drug-likeness (QED) is 0.895. The molecule has 19 heavy (non-hydrogen) atoms. The Morgan fingerprint density at radius 3 is 2.53 bits per heavy atom. The molecule has 4 nitrogen and oxygen atoms in total. The van der Waals surface area contributed by atoms with E-state index in [-0.39, 0.29) is 6.04 Å². The van der Waals surface area contributed by atoms with Crippen LogP contribution >= 0.6 is 0 Å². The largest absolute Gasteiger partial charge is 0.493 e. The number of hydrogen-bond acceptors (Lipinski definition) is 3. The minimum atomic E-state index is 0.0772. The van der Waals surface area contributed by atoms with Gasteiger partial charge in [-0.15, -0.1) is 0 Å². The molecule has 0 saturated carbocycles. The maximum absolute atomic E-state index is 5.39. The van der Waals surface area contributed by atoms with Crippen LogP contribution in [0.2, 0.25) is 0 Å². The maximum atomic E-state index is 5.39. The molecule has 0 radical (unpaired) electrons. The topological polar surface area (TPSA) is 39.1 Å². The summed E-state index contributed by atoms with van der Waals surface area (Å²) in [5, 5.41) is 7.60. The molecule has 102 valence electrons. The number of ether oxygens (including phenoxy) is 1. The van der Waals surface area contributed by atoms with Crippen molar-refractivity contribution in [1.82, 2.24) is 15.1 Å². The van der Waals surface area contributed by atoms with Crippen LogP contribution in [0.4, 0.5) is 0 Å². The Morgan fingerprint density at radius 2 is 2.00 bits per heavy atom. The van der Waals surface area contributed by atoms with Crippen molar-refractivity contribution in [1.29, 1.82) is 0 Å². The monoisotopic (exact) mass is 259 g/mol. The Kier molecular flexibility index (Phi) is 4.22. The second-order valence-electron chi connectivity index (χ2n) is 4.54. The zero-order valence-electron chi connectivity index (χ0n) is 12.0. The molecule has 0 bridgehead atoms. The molecular weight excluding hydrogens is 238 g/mol. The van der Waals surface area contributed by atoms with E-state index in [1.165, 1.54) is 11.1 Å². The molecule has 0 amide bonds. The SMILES string of the molecule is CCc1ccc(C(NC)c2c(OC)cnn2C)cc1. The van der Waals surface area contributed by atoms with Gasteiger partial charge in [0.05, 0.1) is 19.3 Å². The first kappa shape index (κ1) is 13.6. The number of aromatic nitrogens is 2. The molecule has 0 saturated heterocycles. The highest BCUT2D eigenvalue weighted by Gasteiger charge is 2.20. The van der Waals surface area contributed by atoms with Gasteiger partial charge in [0.1, 0.15) is 5.69 Å². The van der Waals surface area contributed by atoms with Crippen molar-refractivity contribution in [3.05, 3.63) is 47.3 Å². The summed E-state index contributed by atoms with van der Waals surface area (Å²) < 4.78 is 7.25. The fraction of sp³-hybridized carbons (Fsp3) is 0.400. The highest BCUT2D eigenvalue weighted by molar-refractivity contribution is 5.37. The predicted octanol–water partition coefficient (Wildman–Crippen LogP) is 2.30. The van der Waals surface area contributed by atoms with E-state index in [2.05, 4.69) is 41.6 Å². The van der Waals surface area contributed by atoms with Gasteiger partial charge in [0.2, 0.25) is 0 Å². The van der Waals surface area contributed by atoms with Crippen molar-refractivity contribution in [3.8, 4) is 5.75 Å². The Balaban J connectivity index is 2.40. The molecule has 0 aliphatic rings. The number of hydrogen-bond donors (Lipinski definition) is 1. The van der Waals surface area contributed by atoms with Gasteiger partial charge in [-0.05, 0) is 24.6 Å². The first-order valence-electron chi connectivity index (χ1n) is 6.53. The van der Waals surface area contributed by atoms with Crippen molar-refractivity contribution in [2.45, 2.75) is 19.4 Å². The Morgan fingerprint density at radius 1 is 1.32 bits per heavy atom. The van der Waals surface area contributed by atoms with E-state index < -0.39 is 0 Å². The minimum Gasteiger partial charge on any atom is -0.493 e. The zero-order valence-corrected chi connectivity index (χ0v) is 12.0. The third-order valence-corrected chi connectivity index (χ3v) is 3.45. The Bertz CT molecular complexity index is 531. The van der Waals surface area contributed by atoms with Crippen LogP contribution in [0.3, 0.4) is 0 Å². The first-order chi connectivity index (χ1) is 9.21. The lowest BCUT2D eigenvalue weighted by molar-refractivity contribution is 0.402. The van der Waals surface area contributed by atoms with Gasteiger partial charge >= 0.3 is 0 Å². The summed E-state index contributed by atoms with van der Waals surface area (Å²) in [6.07, 6.45) is 2.81. The molecule has 1 heterocycles. The van der Waals surface area contributed by atoms with Crippen LogP contribution in [0, 0.1) is 0 Å². The minimum absolute atomic E-state index is 0.0772. The summed E-state index contributed by atoms with van der Waals surface area (Å²) in [5.74, 6) is 0.807. The number of methoxy groups -OCH3 is 1.